The zero-order valence-electron chi connectivity index (χ0n) is 11.6. The van der Waals surface area contributed by atoms with Gasteiger partial charge in [0, 0.05) is 18.0 Å². The predicted octanol–water partition coefficient (Wildman–Crippen LogP) is 1.79. The summed E-state index contributed by atoms with van der Waals surface area (Å²) < 4.78 is 29.2. The van der Waals surface area contributed by atoms with Crippen molar-refractivity contribution in [3.63, 3.8) is 0 Å². The third-order valence-corrected chi connectivity index (χ3v) is 4.03. The largest absolute Gasteiger partial charge is 0.497 e. The van der Waals surface area contributed by atoms with Gasteiger partial charge < -0.3 is 4.74 Å². The average Bonchev–Trinajstić information content (AvgIpc) is 2.53. The van der Waals surface area contributed by atoms with Gasteiger partial charge in [-0.1, -0.05) is 0 Å². The molecular formula is C14H15N3O3S. The van der Waals surface area contributed by atoms with Crippen LogP contribution < -0.4 is 9.57 Å². The number of aromatic nitrogens is 1. The molecular weight excluding hydrogens is 290 g/mol. The van der Waals surface area contributed by atoms with Crippen molar-refractivity contribution in [2.75, 3.05) is 7.11 Å². The number of benzene rings is 1. The van der Waals surface area contributed by atoms with Crippen LogP contribution in [0.5, 0.6) is 5.75 Å². The van der Waals surface area contributed by atoms with Crippen molar-refractivity contribution in [3.8, 4) is 5.75 Å². The van der Waals surface area contributed by atoms with Crippen LogP contribution in [0.1, 0.15) is 12.5 Å². The fourth-order valence-electron chi connectivity index (χ4n) is 1.59. The van der Waals surface area contributed by atoms with Crippen molar-refractivity contribution in [1.82, 2.24) is 9.82 Å². The van der Waals surface area contributed by atoms with Crippen LogP contribution in [0.15, 0.2) is 58.8 Å². The first-order chi connectivity index (χ1) is 10.0. The number of rotatable bonds is 5. The van der Waals surface area contributed by atoms with Crippen LogP contribution in [0.25, 0.3) is 0 Å². The molecule has 21 heavy (non-hydrogen) atoms. The summed E-state index contributed by atoms with van der Waals surface area (Å²) in [6, 6.07) is 9.57. The highest BCUT2D eigenvalue weighted by molar-refractivity contribution is 7.89. The van der Waals surface area contributed by atoms with Crippen LogP contribution >= 0.6 is 0 Å². The predicted molar refractivity (Wildman–Crippen MR) is 79.8 cm³/mol. The molecule has 0 aliphatic rings. The Kier molecular flexibility index (Phi) is 4.54. The van der Waals surface area contributed by atoms with Gasteiger partial charge in [-0.2, -0.15) is 18.4 Å². The maximum absolute atomic E-state index is 12.1. The van der Waals surface area contributed by atoms with Crippen molar-refractivity contribution in [1.29, 1.82) is 0 Å². The summed E-state index contributed by atoms with van der Waals surface area (Å²) in [5.41, 5.74) is 1.34. The molecule has 0 unspecified atom stereocenters. The number of hydrazone groups is 1. The van der Waals surface area contributed by atoms with E-state index in [1.807, 2.05) is 0 Å². The summed E-state index contributed by atoms with van der Waals surface area (Å²) in [5, 5.41) is 3.90. The minimum absolute atomic E-state index is 0.120. The van der Waals surface area contributed by atoms with E-state index in [2.05, 4.69) is 14.9 Å². The van der Waals surface area contributed by atoms with Crippen LogP contribution in [-0.2, 0) is 10.0 Å². The second kappa shape index (κ2) is 6.36. The maximum atomic E-state index is 12.1. The SMILES string of the molecule is COc1ccc(S(=O)(=O)N/N=C(\C)c2ccncc2)cc1. The van der Waals surface area contributed by atoms with Gasteiger partial charge in [0.1, 0.15) is 5.75 Å². The van der Waals surface area contributed by atoms with E-state index in [0.29, 0.717) is 11.5 Å². The third kappa shape index (κ3) is 3.79. The Hall–Kier alpha value is -2.41. The molecule has 1 aromatic carbocycles. The van der Waals surface area contributed by atoms with Crippen molar-refractivity contribution < 1.29 is 13.2 Å². The van der Waals surface area contributed by atoms with E-state index in [0.717, 1.165) is 5.56 Å². The standard InChI is InChI=1S/C14H15N3O3S/c1-11(12-7-9-15-10-8-12)16-17-21(18,19)14-5-3-13(20-2)4-6-14/h3-10,17H,1-2H3/b16-11+. The molecule has 0 fully saturated rings. The highest BCUT2D eigenvalue weighted by Gasteiger charge is 2.13. The first-order valence-corrected chi connectivity index (χ1v) is 7.62. The zero-order chi connectivity index (χ0) is 15.3. The lowest BCUT2D eigenvalue weighted by Crippen LogP contribution is -2.19. The molecule has 1 heterocycles. The van der Waals surface area contributed by atoms with E-state index in [4.69, 9.17) is 4.74 Å². The Labute approximate surface area is 123 Å². The molecule has 0 bridgehead atoms. The molecule has 0 aliphatic carbocycles. The molecule has 0 aliphatic heterocycles. The number of nitrogens with one attached hydrogen (secondary N) is 1. The minimum atomic E-state index is -3.70. The summed E-state index contributed by atoms with van der Waals surface area (Å²) in [5.74, 6) is 0.588. The lowest BCUT2D eigenvalue weighted by atomic mass is 10.2. The number of methoxy groups -OCH3 is 1. The van der Waals surface area contributed by atoms with Crippen LogP contribution in [0.2, 0.25) is 0 Å². The molecule has 2 aromatic rings. The summed E-state index contributed by atoms with van der Waals surface area (Å²) in [6.07, 6.45) is 3.23. The van der Waals surface area contributed by atoms with Crippen molar-refractivity contribution >= 4 is 15.7 Å². The first kappa shape index (κ1) is 15.0. The quantitative estimate of drug-likeness (QED) is 0.674. The molecule has 0 saturated heterocycles. The average molecular weight is 305 g/mol. The summed E-state index contributed by atoms with van der Waals surface area (Å²) in [4.78, 5) is 6.23. The fourth-order valence-corrected chi connectivity index (χ4v) is 2.45. The monoisotopic (exact) mass is 305 g/mol. The van der Waals surface area contributed by atoms with Crippen LogP contribution in [0, 0.1) is 0 Å². The number of pyridine rings is 1. The summed E-state index contributed by atoms with van der Waals surface area (Å²) in [6.45, 7) is 1.71. The molecule has 6 nitrogen and oxygen atoms in total. The van der Waals surface area contributed by atoms with Gasteiger partial charge in [0.2, 0.25) is 0 Å². The first-order valence-electron chi connectivity index (χ1n) is 6.13. The molecule has 0 radical (unpaired) electrons. The van der Waals surface area contributed by atoms with E-state index < -0.39 is 10.0 Å². The molecule has 2 rings (SSSR count). The Balaban J connectivity index is 2.17. The minimum Gasteiger partial charge on any atom is -0.497 e. The second-order valence-electron chi connectivity index (χ2n) is 4.20. The van der Waals surface area contributed by atoms with Gasteiger partial charge in [-0.15, -0.1) is 0 Å². The highest BCUT2D eigenvalue weighted by Crippen LogP contribution is 2.15. The summed E-state index contributed by atoms with van der Waals surface area (Å²) >= 11 is 0. The van der Waals surface area contributed by atoms with Crippen LogP contribution in [0.3, 0.4) is 0 Å². The molecule has 0 saturated carbocycles. The molecule has 1 N–H and O–H groups in total. The normalized spacial score (nSPS) is 12.0. The number of hydrogen-bond acceptors (Lipinski definition) is 5. The van der Waals surface area contributed by atoms with Crippen LogP contribution in [0.4, 0.5) is 0 Å². The fraction of sp³-hybridized carbons (Fsp3) is 0.143. The zero-order valence-corrected chi connectivity index (χ0v) is 12.5. The lowest BCUT2D eigenvalue weighted by molar-refractivity contribution is 0.414. The van der Waals surface area contributed by atoms with Gasteiger partial charge in [-0.3, -0.25) is 4.98 Å². The highest BCUT2D eigenvalue weighted by atomic mass is 32.2. The summed E-state index contributed by atoms with van der Waals surface area (Å²) in [7, 11) is -2.18. The molecule has 0 atom stereocenters. The molecule has 0 spiro atoms. The van der Waals surface area contributed by atoms with E-state index in [-0.39, 0.29) is 4.90 Å². The number of hydrogen-bond donors (Lipinski definition) is 1. The lowest BCUT2D eigenvalue weighted by Gasteiger charge is -2.06. The van der Waals surface area contributed by atoms with Crippen molar-refractivity contribution in [2.24, 2.45) is 5.10 Å². The van der Waals surface area contributed by atoms with Crippen molar-refractivity contribution in [2.45, 2.75) is 11.8 Å². The smallest absolute Gasteiger partial charge is 0.276 e. The van der Waals surface area contributed by atoms with E-state index >= 15 is 0 Å². The number of nitrogens with zero attached hydrogens (tertiary/aromatic N) is 2. The van der Waals surface area contributed by atoms with Gasteiger partial charge in [-0.05, 0) is 43.3 Å². The maximum Gasteiger partial charge on any atom is 0.276 e. The Morgan fingerprint density at radius 1 is 1.14 bits per heavy atom. The third-order valence-electron chi connectivity index (χ3n) is 2.80. The Morgan fingerprint density at radius 2 is 1.76 bits per heavy atom. The van der Waals surface area contributed by atoms with E-state index in [9.17, 15) is 8.42 Å². The molecule has 0 amide bonds. The molecule has 7 heteroatoms. The van der Waals surface area contributed by atoms with Gasteiger partial charge in [0.25, 0.3) is 10.0 Å². The van der Waals surface area contributed by atoms with Gasteiger partial charge in [0.05, 0.1) is 17.7 Å². The van der Waals surface area contributed by atoms with Crippen molar-refractivity contribution in [3.05, 3.63) is 54.4 Å². The topological polar surface area (TPSA) is 80.7 Å². The van der Waals surface area contributed by atoms with Gasteiger partial charge in [-0.25, -0.2) is 0 Å². The van der Waals surface area contributed by atoms with Crippen LogP contribution in [-0.4, -0.2) is 26.2 Å². The number of ether oxygens (including phenoxy) is 1. The number of sulfonamides is 1. The Morgan fingerprint density at radius 3 is 2.33 bits per heavy atom. The molecule has 110 valence electrons. The molecule has 1 aromatic heterocycles. The van der Waals surface area contributed by atoms with Gasteiger partial charge in [0.15, 0.2) is 0 Å². The Bertz CT molecular complexity index is 726. The van der Waals surface area contributed by atoms with E-state index in [1.54, 1.807) is 43.6 Å². The second-order valence-corrected chi connectivity index (χ2v) is 5.86. The van der Waals surface area contributed by atoms with E-state index in [1.165, 1.54) is 19.2 Å². The van der Waals surface area contributed by atoms with Gasteiger partial charge >= 0.3 is 0 Å².